The molecule has 0 aliphatic carbocycles. The Bertz CT molecular complexity index is 3670. The van der Waals surface area contributed by atoms with Gasteiger partial charge in [0.15, 0.2) is 0 Å². The molecular formula is C61H41N3. The molecule has 0 atom stereocenters. The largest absolute Gasteiger partial charge is 0.309 e. The first-order valence-electron chi connectivity index (χ1n) is 22.1. The molecule has 0 spiro atoms. The molecule has 13 aromatic rings. The van der Waals surface area contributed by atoms with E-state index in [2.05, 4.69) is 262 Å². The van der Waals surface area contributed by atoms with E-state index in [-0.39, 0.29) is 0 Å². The molecule has 0 N–H and O–H groups in total. The van der Waals surface area contributed by atoms with Gasteiger partial charge in [-0.15, -0.1) is 0 Å². The summed E-state index contributed by atoms with van der Waals surface area (Å²) >= 11 is 0. The van der Waals surface area contributed by atoms with Crippen LogP contribution >= 0.6 is 0 Å². The molecule has 3 heterocycles. The highest BCUT2D eigenvalue weighted by atomic mass is 15.1. The summed E-state index contributed by atoms with van der Waals surface area (Å²) in [4.78, 5) is 0. The molecule has 0 fully saturated rings. The van der Waals surface area contributed by atoms with Crippen molar-refractivity contribution in [2.24, 2.45) is 0 Å². The van der Waals surface area contributed by atoms with Gasteiger partial charge in [-0.05, 0) is 82.9 Å². The zero-order valence-electron chi connectivity index (χ0n) is 35.0. The van der Waals surface area contributed by atoms with Crippen molar-refractivity contribution in [3.05, 3.63) is 271 Å². The lowest BCUT2D eigenvalue weighted by Crippen LogP contribution is -2.30. The quantitative estimate of drug-likeness (QED) is 0.142. The lowest BCUT2D eigenvalue weighted by Gasteiger charge is -2.37. The molecule has 10 aromatic carbocycles. The van der Waals surface area contributed by atoms with Crippen molar-refractivity contribution in [1.29, 1.82) is 0 Å². The van der Waals surface area contributed by atoms with Crippen LogP contribution in [0.3, 0.4) is 0 Å². The zero-order chi connectivity index (χ0) is 42.2. The van der Waals surface area contributed by atoms with Crippen LogP contribution in [0.2, 0.25) is 0 Å². The van der Waals surface area contributed by atoms with Crippen LogP contribution in [-0.4, -0.2) is 13.7 Å². The van der Waals surface area contributed by atoms with Gasteiger partial charge < -0.3 is 13.7 Å². The molecule has 0 aliphatic rings. The summed E-state index contributed by atoms with van der Waals surface area (Å²) in [5.41, 5.74) is 14.6. The average Bonchev–Trinajstić information content (AvgIpc) is 4.01. The fourth-order valence-corrected chi connectivity index (χ4v) is 10.9. The number of para-hydroxylation sites is 5. The number of nitrogens with zero attached hydrogens (tertiary/aromatic N) is 3. The Morgan fingerprint density at radius 1 is 0.234 bits per heavy atom. The third kappa shape index (κ3) is 5.22. The Labute approximate surface area is 370 Å². The van der Waals surface area contributed by atoms with Gasteiger partial charge in [0.2, 0.25) is 0 Å². The number of aromatic nitrogens is 3. The SMILES string of the molecule is c1ccc(-n2c3ccc(C(c4ccccc4)(c4ccccc4)c4ccccc4)cc3c3cc(-n4c5ccccc5c5ccccc54)cc(-n4c5ccccc5c5ccccc54)c32)cc1. The maximum absolute atomic E-state index is 2.51. The lowest BCUT2D eigenvalue weighted by molar-refractivity contribution is 0.746. The minimum absolute atomic E-state index is 0.612. The van der Waals surface area contributed by atoms with Crippen LogP contribution in [0.15, 0.2) is 249 Å². The van der Waals surface area contributed by atoms with Crippen LogP contribution in [0.25, 0.3) is 82.5 Å². The normalized spacial score (nSPS) is 12.1. The number of hydrogen-bond donors (Lipinski definition) is 0. The molecule has 0 bridgehead atoms. The Hall–Kier alpha value is -8.40. The van der Waals surface area contributed by atoms with Crippen LogP contribution in [0.1, 0.15) is 22.3 Å². The molecular weight excluding hydrogens is 775 g/mol. The van der Waals surface area contributed by atoms with Gasteiger partial charge in [-0.25, -0.2) is 0 Å². The fraction of sp³-hybridized carbons (Fsp3) is 0.0164. The monoisotopic (exact) mass is 815 g/mol. The van der Waals surface area contributed by atoms with E-state index in [0.717, 1.165) is 28.1 Å². The molecule has 13 rings (SSSR count). The summed E-state index contributed by atoms with van der Waals surface area (Å²) in [6, 6.07) is 91.5. The minimum atomic E-state index is -0.612. The van der Waals surface area contributed by atoms with Crippen molar-refractivity contribution in [2.45, 2.75) is 5.41 Å². The van der Waals surface area contributed by atoms with E-state index in [1.54, 1.807) is 0 Å². The second-order valence-corrected chi connectivity index (χ2v) is 16.9. The van der Waals surface area contributed by atoms with Crippen LogP contribution in [0.5, 0.6) is 0 Å². The summed E-state index contributed by atoms with van der Waals surface area (Å²) in [6.45, 7) is 0. The number of benzene rings is 10. The Balaban J connectivity index is 1.24. The molecule has 0 aliphatic heterocycles. The second kappa shape index (κ2) is 14.3. The van der Waals surface area contributed by atoms with E-state index in [1.807, 2.05) is 0 Å². The molecule has 0 radical (unpaired) electrons. The Morgan fingerprint density at radius 2 is 0.625 bits per heavy atom. The maximum Gasteiger partial charge on any atom is 0.0784 e. The van der Waals surface area contributed by atoms with Gasteiger partial charge in [0.05, 0.1) is 44.2 Å². The molecule has 3 heteroatoms. The highest BCUT2D eigenvalue weighted by Crippen LogP contribution is 2.48. The van der Waals surface area contributed by atoms with Crippen LogP contribution in [0, 0.1) is 0 Å². The molecule has 0 saturated carbocycles. The second-order valence-electron chi connectivity index (χ2n) is 16.9. The third-order valence-corrected chi connectivity index (χ3v) is 13.6. The first kappa shape index (κ1) is 36.3. The molecule has 3 nitrogen and oxygen atoms in total. The lowest BCUT2D eigenvalue weighted by atomic mass is 9.65. The van der Waals surface area contributed by atoms with Crippen molar-refractivity contribution in [2.75, 3.05) is 0 Å². The van der Waals surface area contributed by atoms with E-state index in [9.17, 15) is 0 Å². The average molecular weight is 816 g/mol. The van der Waals surface area contributed by atoms with Gasteiger partial charge in [0.25, 0.3) is 0 Å². The smallest absolute Gasteiger partial charge is 0.0784 e. The van der Waals surface area contributed by atoms with Crippen LogP contribution in [0.4, 0.5) is 0 Å². The maximum atomic E-state index is 2.51. The predicted molar refractivity (Wildman–Crippen MR) is 268 cm³/mol. The summed E-state index contributed by atoms with van der Waals surface area (Å²) < 4.78 is 7.48. The van der Waals surface area contributed by atoms with Crippen molar-refractivity contribution in [1.82, 2.24) is 13.7 Å². The van der Waals surface area contributed by atoms with Crippen LogP contribution in [-0.2, 0) is 5.41 Å². The minimum Gasteiger partial charge on any atom is -0.309 e. The topological polar surface area (TPSA) is 14.8 Å². The van der Waals surface area contributed by atoms with Crippen molar-refractivity contribution in [3.63, 3.8) is 0 Å². The van der Waals surface area contributed by atoms with Gasteiger partial charge in [0, 0.05) is 43.7 Å². The van der Waals surface area contributed by atoms with Gasteiger partial charge >= 0.3 is 0 Å². The van der Waals surface area contributed by atoms with E-state index in [1.165, 1.54) is 76.6 Å². The number of rotatable bonds is 7. The fourth-order valence-electron chi connectivity index (χ4n) is 10.9. The molecule has 0 unspecified atom stereocenters. The highest BCUT2D eigenvalue weighted by molar-refractivity contribution is 6.17. The van der Waals surface area contributed by atoms with Gasteiger partial charge in [-0.3, -0.25) is 0 Å². The van der Waals surface area contributed by atoms with Crippen LogP contribution < -0.4 is 0 Å². The first-order chi connectivity index (χ1) is 31.8. The standard InChI is InChI=1S/C61H41N3/c1-5-21-42(22-6-1)61(43-23-7-2-8-24-43,44-25-9-3-10-26-44)45-37-38-58-52(39-45)53-40-47(62-54-33-17-13-29-48(54)49-30-14-18-34-55(49)62)41-59(60(53)63(58)46-27-11-4-12-28-46)64-56-35-19-15-31-50(56)51-32-16-20-36-57(51)64/h1-41H. The van der Waals surface area contributed by atoms with Gasteiger partial charge in [0.1, 0.15) is 0 Å². The van der Waals surface area contributed by atoms with Crippen molar-refractivity contribution < 1.29 is 0 Å². The van der Waals surface area contributed by atoms with E-state index in [4.69, 9.17) is 0 Å². The Morgan fingerprint density at radius 3 is 1.09 bits per heavy atom. The number of hydrogen-bond acceptors (Lipinski definition) is 0. The molecule has 300 valence electrons. The van der Waals surface area contributed by atoms with E-state index >= 15 is 0 Å². The Kier molecular flexibility index (Phi) is 8.13. The summed E-state index contributed by atoms with van der Waals surface area (Å²) in [5, 5.41) is 7.31. The number of fused-ring (bicyclic) bond motifs is 9. The van der Waals surface area contributed by atoms with Gasteiger partial charge in [-0.2, -0.15) is 0 Å². The molecule has 0 saturated heterocycles. The van der Waals surface area contributed by atoms with Crippen molar-refractivity contribution in [3.8, 4) is 17.1 Å². The zero-order valence-corrected chi connectivity index (χ0v) is 35.0. The summed E-state index contributed by atoms with van der Waals surface area (Å²) in [7, 11) is 0. The predicted octanol–water partition coefficient (Wildman–Crippen LogP) is 15.4. The molecule has 0 amide bonds. The molecule has 3 aromatic heterocycles. The van der Waals surface area contributed by atoms with E-state index < -0.39 is 5.41 Å². The summed E-state index contributed by atoms with van der Waals surface area (Å²) in [5.74, 6) is 0. The molecule has 64 heavy (non-hydrogen) atoms. The summed E-state index contributed by atoms with van der Waals surface area (Å²) in [6.07, 6.45) is 0. The van der Waals surface area contributed by atoms with Crippen molar-refractivity contribution >= 4 is 65.4 Å². The van der Waals surface area contributed by atoms with E-state index in [0.29, 0.717) is 0 Å². The third-order valence-electron chi connectivity index (χ3n) is 13.6. The highest BCUT2D eigenvalue weighted by Gasteiger charge is 2.39. The van der Waals surface area contributed by atoms with Gasteiger partial charge in [-0.1, -0.05) is 188 Å². The first-order valence-corrected chi connectivity index (χ1v) is 22.1.